The van der Waals surface area contributed by atoms with Crippen molar-refractivity contribution in [1.29, 1.82) is 0 Å². The lowest BCUT2D eigenvalue weighted by Crippen LogP contribution is -2.23. The van der Waals surface area contributed by atoms with Gasteiger partial charge in [-0.25, -0.2) is 9.78 Å². The van der Waals surface area contributed by atoms with Crippen LogP contribution in [-0.2, 0) is 11.3 Å². The molecule has 0 radical (unpaired) electrons. The normalized spacial score (nSPS) is 13.9. The van der Waals surface area contributed by atoms with Crippen LogP contribution >= 0.6 is 11.3 Å². The van der Waals surface area contributed by atoms with Gasteiger partial charge in [-0.2, -0.15) is 4.98 Å². The summed E-state index contributed by atoms with van der Waals surface area (Å²) in [6.45, 7) is 1.70. The van der Waals surface area contributed by atoms with E-state index in [2.05, 4.69) is 15.0 Å². The molecule has 0 aliphatic carbocycles. The van der Waals surface area contributed by atoms with E-state index in [-0.39, 0.29) is 12.5 Å². The highest BCUT2D eigenvalue weighted by atomic mass is 32.1. The number of aromatic nitrogens is 3. The molecule has 0 unspecified atom stereocenters. The zero-order valence-corrected chi connectivity index (χ0v) is 16.4. The highest BCUT2D eigenvalue weighted by molar-refractivity contribution is 7.13. The summed E-state index contributed by atoms with van der Waals surface area (Å²) < 4.78 is 10.7. The summed E-state index contributed by atoms with van der Waals surface area (Å²) >= 11 is 1.52. The van der Waals surface area contributed by atoms with Crippen LogP contribution in [0.4, 0.5) is 5.82 Å². The monoisotopic (exact) mass is 406 g/mol. The molecule has 0 atom stereocenters. The molecule has 1 saturated heterocycles. The predicted molar refractivity (Wildman–Crippen MR) is 110 cm³/mol. The zero-order valence-electron chi connectivity index (χ0n) is 15.6. The summed E-state index contributed by atoms with van der Waals surface area (Å²) in [4.78, 5) is 25.0. The zero-order chi connectivity index (χ0) is 19.6. The number of pyridine rings is 1. The largest absolute Gasteiger partial charge is 0.452 e. The summed E-state index contributed by atoms with van der Waals surface area (Å²) in [6, 6.07) is 13.5. The van der Waals surface area contributed by atoms with E-state index in [9.17, 15) is 4.79 Å². The van der Waals surface area contributed by atoms with Crippen molar-refractivity contribution in [2.75, 3.05) is 18.0 Å². The topological polar surface area (TPSA) is 81.3 Å². The second-order valence-electron chi connectivity index (χ2n) is 6.81. The SMILES string of the molecule is O=C(OCc1nc(-c2cccs2)no1)c1cc2ccccc2nc1N1CCCC1. The highest BCUT2D eigenvalue weighted by Gasteiger charge is 2.23. The molecular weight excluding hydrogens is 388 g/mol. The molecule has 1 aliphatic rings. The van der Waals surface area contributed by atoms with E-state index in [0.717, 1.165) is 41.7 Å². The number of ether oxygens (including phenoxy) is 1. The van der Waals surface area contributed by atoms with Crippen molar-refractivity contribution >= 4 is 34.0 Å². The first-order valence-electron chi connectivity index (χ1n) is 9.46. The fourth-order valence-corrected chi connectivity index (χ4v) is 4.10. The number of nitrogens with zero attached hydrogens (tertiary/aromatic N) is 4. The molecule has 5 rings (SSSR count). The van der Waals surface area contributed by atoms with Crippen molar-refractivity contribution in [3.05, 3.63) is 59.3 Å². The van der Waals surface area contributed by atoms with Crippen molar-refractivity contribution in [2.45, 2.75) is 19.4 Å². The number of esters is 1. The Hall–Kier alpha value is -3.26. The predicted octanol–water partition coefficient (Wildman–Crippen LogP) is 4.30. The number of fused-ring (bicyclic) bond motifs is 1. The van der Waals surface area contributed by atoms with Gasteiger partial charge in [0.05, 0.1) is 10.4 Å². The van der Waals surface area contributed by atoms with Crippen LogP contribution in [0.5, 0.6) is 0 Å². The summed E-state index contributed by atoms with van der Waals surface area (Å²) in [7, 11) is 0. The number of hydrogen-bond donors (Lipinski definition) is 0. The van der Waals surface area contributed by atoms with Gasteiger partial charge in [0.2, 0.25) is 5.82 Å². The standard InChI is InChI=1S/C21H18N4O3S/c26-21(27-13-18-23-19(24-28-18)17-8-5-11-29-17)15-12-14-6-1-2-7-16(14)22-20(15)25-9-3-4-10-25/h1-2,5-8,11-12H,3-4,9-10,13H2. The molecule has 146 valence electrons. The van der Waals surface area contributed by atoms with E-state index in [1.807, 2.05) is 47.8 Å². The third-order valence-electron chi connectivity index (χ3n) is 4.87. The summed E-state index contributed by atoms with van der Waals surface area (Å²) in [5, 5.41) is 6.79. The van der Waals surface area contributed by atoms with Gasteiger partial charge < -0.3 is 14.2 Å². The van der Waals surface area contributed by atoms with Gasteiger partial charge in [-0.05, 0) is 36.4 Å². The first-order chi connectivity index (χ1) is 14.3. The van der Waals surface area contributed by atoms with E-state index >= 15 is 0 Å². The maximum Gasteiger partial charge on any atom is 0.342 e. The van der Waals surface area contributed by atoms with Gasteiger partial charge in [0.15, 0.2) is 6.61 Å². The molecular formula is C21H18N4O3S. The van der Waals surface area contributed by atoms with Crippen LogP contribution in [0, 0.1) is 0 Å². The second kappa shape index (κ2) is 7.63. The lowest BCUT2D eigenvalue weighted by atomic mass is 10.1. The van der Waals surface area contributed by atoms with Crippen LogP contribution in [0.25, 0.3) is 21.6 Å². The molecule has 0 saturated carbocycles. The van der Waals surface area contributed by atoms with Crippen molar-refractivity contribution in [3.8, 4) is 10.7 Å². The van der Waals surface area contributed by atoms with E-state index < -0.39 is 5.97 Å². The number of benzene rings is 1. The first-order valence-corrected chi connectivity index (χ1v) is 10.3. The average molecular weight is 406 g/mol. The molecule has 0 bridgehead atoms. The van der Waals surface area contributed by atoms with E-state index in [1.54, 1.807) is 0 Å². The molecule has 8 heteroatoms. The molecule has 1 fully saturated rings. The van der Waals surface area contributed by atoms with E-state index in [0.29, 0.717) is 17.2 Å². The number of carbonyl (C=O) groups is 1. The minimum Gasteiger partial charge on any atom is -0.452 e. The fourth-order valence-electron chi connectivity index (χ4n) is 3.45. The number of hydrogen-bond acceptors (Lipinski definition) is 8. The van der Waals surface area contributed by atoms with Crippen molar-refractivity contribution in [3.63, 3.8) is 0 Å². The second-order valence-corrected chi connectivity index (χ2v) is 7.76. The molecule has 29 heavy (non-hydrogen) atoms. The van der Waals surface area contributed by atoms with E-state index in [1.165, 1.54) is 11.3 Å². The molecule has 1 aliphatic heterocycles. The van der Waals surface area contributed by atoms with Crippen molar-refractivity contribution in [2.24, 2.45) is 0 Å². The molecule has 4 aromatic rings. The molecule has 7 nitrogen and oxygen atoms in total. The summed E-state index contributed by atoms with van der Waals surface area (Å²) in [5.74, 6) is 0.992. The number of rotatable bonds is 5. The minimum atomic E-state index is -0.443. The lowest BCUT2D eigenvalue weighted by Gasteiger charge is -2.20. The number of thiophene rings is 1. The Kier molecular flexibility index (Phi) is 4.69. The fraction of sp³-hybridized carbons (Fsp3) is 0.238. The Morgan fingerprint density at radius 2 is 2.00 bits per heavy atom. The van der Waals surface area contributed by atoms with Gasteiger partial charge >= 0.3 is 5.97 Å². The van der Waals surface area contributed by atoms with Gasteiger partial charge in [-0.15, -0.1) is 11.3 Å². The Bertz CT molecular complexity index is 1150. The van der Waals surface area contributed by atoms with Gasteiger partial charge in [0.1, 0.15) is 11.4 Å². The third-order valence-corrected chi connectivity index (χ3v) is 5.73. The maximum atomic E-state index is 12.9. The minimum absolute atomic E-state index is 0.0799. The molecule has 0 spiro atoms. The van der Waals surface area contributed by atoms with Gasteiger partial charge in [0, 0.05) is 18.5 Å². The van der Waals surface area contributed by atoms with Crippen LogP contribution < -0.4 is 4.90 Å². The Morgan fingerprint density at radius 1 is 1.14 bits per heavy atom. The number of para-hydroxylation sites is 1. The maximum absolute atomic E-state index is 12.9. The van der Waals surface area contributed by atoms with Crippen LogP contribution in [0.2, 0.25) is 0 Å². The van der Waals surface area contributed by atoms with Crippen molar-refractivity contribution < 1.29 is 14.1 Å². The van der Waals surface area contributed by atoms with Crippen LogP contribution in [0.3, 0.4) is 0 Å². The summed E-state index contributed by atoms with van der Waals surface area (Å²) in [6.07, 6.45) is 2.19. The van der Waals surface area contributed by atoms with Crippen LogP contribution in [0.15, 0.2) is 52.4 Å². The quantitative estimate of drug-likeness (QED) is 0.457. The Labute approximate surface area is 170 Å². The molecule has 0 amide bonds. The molecule has 0 N–H and O–H groups in total. The van der Waals surface area contributed by atoms with Gasteiger partial charge in [-0.1, -0.05) is 29.4 Å². The number of carbonyl (C=O) groups excluding carboxylic acids is 1. The van der Waals surface area contributed by atoms with E-state index in [4.69, 9.17) is 14.2 Å². The summed E-state index contributed by atoms with van der Waals surface area (Å²) in [5.41, 5.74) is 1.33. The van der Waals surface area contributed by atoms with Crippen LogP contribution in [0.1, 0.15) is 29.1 Å². The lowest BCUT2D eigenvalue weighted by molar-refractivity contribution is 0.0430. The molecule has 4 heterocycles. The van der Waals surface area contributed by atoms with Crippen LogP contribution in [-0.4, -0.2) is 34.2 Å². The Morgan fingerprint density at radius 3 is 2.83 bits per heavy atom. The smallest absolute Gasteiger partial charge is 0.342 e. The van der Waals surface area contributed by atoms with Gasteiger partial charge in [-0.3, -0.25) is 0 Å². The molecule has 1 aromatic carbocycles. The first kappa shape index (κ1) is 17.8. The van der Waals surface area contributed by atoms with Crippen molar-refractivity contribution in [1.82, 2.24) is 15.1 Å². The third kappa shape index (κ3) is 3.58. The highest BCUT2D eigenvalue weighted by Crippen LogP contribution is 2.27. The Balaban J connectivity index is 1.39. The van der Waals surface area contributed by atoms with Gasteiger partial charge in [0.25, 0.3) is 5.89 Å². The molecule has 3 aromatic heterocycles. The number of anilines is 1. The average Bonchev–Trinajstić information content (AvgIpc) is 3.53.